The number of allylic oxidation sites excluding steroid dienone is 13. The maximum atomic E-state index is 12.8. The van der Waals surface area contributed by atoms with Crippen molar-refractivity contribution in [3.8, 4) is 0 Å². The normalized spacial score (nSPS) is 23.3. The second-order valence-electron chi connectivity index (χ2n) is 13.5. The summed E-state index contributed by atoms with van der Waals surface area (Å²) in [5, 5.41) is 3.11. The molecule has 0 unspecified atom stereocenters. The number of hydrogen-bond acceptors (Lipinski definition) is 3. The van der Waals surface area contributed by atoms with E-state index in [9.17, 15) is 4.79 Å². The minimum atomic E-state index is -0.205. The van der Waals surface area contributed by atoms with E-state index in [0.717, 1.165) is 18.5 Å². The van der Waals surface area contributed by atoms with Crippen molar-refractivity contribution in [2.45, 2.75) is 97.8 Å². The molecule has 2 aromatic heterocycles. The molecule has 2 atom stereocenters. The number of imidazole rings is 1. The van der Waals surface area contributed by atoms with Gasteiger partial charge in [-0.05, 0) is 78.3 Å². The summed E-state index contributed by atoms with van der Waals surface area (Å²) in [5.41, 5.74) is 9.29. The number of fused-ring (bicyclic) bond motifs is 4. The summed E-state index contributed by atoms with van der Waals surface area (Å²) >= 11 is 0. The lowest BCUT2D eigenvalue weighted by atomic mass is 9.61. The first-order valence-electron chi connectivity index (χ1n) is 17.1. The van der Waals surface area contributed by atoms with Gasteiger partial charge in [-0.15, -0.1) is 0 Å². The number of unbranched alkanes of at least 4 members (excludes halogenated alkanes) is 9. The molecule has 0 fully saturated rings. The monoisotopic (exact) mass is 600 g/mol. The summed E-state index contributed by atoms with van der Waals surface area (Å²) in [4.78, 5) is 21.3. The van der Waals surface area contributed by atoms with E-state index in [-0.39, 0.29) is 16.7 Å². The fourth-order valence-corrected chi connectivity index (χ4v) is 7.63. The third kappa shape index (κ3) is 6.27. The summed E-state index contributed by atoms with van der Waals surface area (Å²) in [6, 6.07) is 3.48. The molecular formula is C40H48N4O. The van der Waals surface area contributed by atoms with Crippen LogP contribution in [0.3, 0.4) is 0 Å². The van der Waals surface area contributed by atoms with Crippen LogP contribution in [0.25, 0.3) is 5.70 Å². The molecule has 5 nitrogen and oxygen atoms in total. The van der Waals surface area contributed by atoms with Crippen LogP contribution in [0.4, 0.5) is 0 Å². The zero-order valence-corrected chi connectivity index (χ0v) is 27.3. The highest BCUT2D eigenvalue weighted by molar-refractivity contribution is 5.95. The molecule has 6 rings (SSSR count). The van der Waals surface area contributed by atoms with Gasteiger partial charge in [-0.3, -0.25) is 9.78 Å². The molecule has 4 aliphatic carbocycles. The van der Waals surface area contributed by atoms with Gasteiger partial charge in [-0.2, -0.15) is 0 Å². The maximum Gasteiger partial charge on any atom is 0.255 e. The van der Waals surface area contributed by atoms with Gasteiger partial charge in [0.25, 0.3) is 5.91 Å². The Labute approximate surface area is 269 Å². The number of carbonyl (C=O) groups is 1. The summed E-state index contributed by atoms with van der Waals surface area (Å²) in [6.07, 6.45) is 40.8. The molecule has 0 aliphatic heterocycles. The molecule has 2 aromatic rings. The zero-order valence-electron chi connectivity index (χ0n) is 27.3. The Morgan fingerprint density at radius 1 is 0.889 bits per heavy atom. The Hall–Kier alpha value is -3.99. The molecule has 1 N–H and O–H groups in total. The minimum Gasteiger partial charge on any atom is -0.322 e. The third-order valence-corrected chi connectivity index (χ3v) is 10.3. The topological polar surface area (TPSA) is 59.8 Å². The van der Waals surface area contributed by atoms with Crippen molar-refractivity contribution in [1.82, 2.24) is 19.9 Å². The van der Waals surface area contributed by atoms with Crippen LogP contribution in [-0.2, 0) is 0 Å². The summed E-state index contributed by atoms with van der Waals surface area (Å²) in [7, 11) is 0. The van der Waals surface area contributed by atoms with E-state index in [1.54, 1.807) is 24.5 Å². The first kappa shape index (κ1) is 31.0. The van der Waals surface area contributed by atoms with Gasteiger partial charge < -0.3 is 9.88 Å². The molecule has 0 spiro atoms. The number of rotatable bonds is 14. The van der Waals surface area contributed by atoms with Gasteiger partial charge in [0, 0.05) is 47.2 Å². The molecule has 1 amide bonds. The maximum absolute atomic E-state index is 12.8. The van der Waals surface area contributed by atoms with Gasteiger partial charge >= 0.3 is 0 Å². The molecular weight excluding hydrogens is 552 g/mol. The number of nitrogens with one attached hydrogen (secondary N) is 1. The molecule has 45 heavy (non-hydrogen) atoms. The van der Waals surface area contributed by atoms with Crippen LogP contribution in [0.2, 0.25) is 0 Å². The molecule has 2 heterocycles. The van der Waals surface area contributed by atoms with Crippen molar-refractivity contribution in [3.63, 3.8) is 0 Å². The Bertz CT molecular complexity index is 1610. The number of carbonyl (C=O) groups excluding carboxylic acids is 1. The number of amides is 1. The predicted octanol–water partition coefficient (Wildman–Crippen LogP) is 9.83. The van der Waals surface area contributed by atoms with E-state index in [1.165, 1.54) is 97.8 Å². The predicted molar refractivity (Wildman–Crippen MR) is 184 cm³/mol. The second-order valence-corrected chi connectivity index (χ2v) is 13.5. The molecule has 0 saturated carbocycles. The fraction of sp³-hybridized carbons (Fsp3) is 0.425. The highest BCUT2D eigenvalue weighted by Crippen LogP contribution is 2.59. The van der Waals surface area contributed by atoms with Crippen LogP contribution in [0.5, 0.6) is 0 Å². The average molecular weight is 601 g/mol. The van der Waals surface area contributed by atoms with Crippen molar-refractivity contribution < 1.29 is 4.79 Å². The smallest absolute Gasteiger partial charge is 0.255 e. The van der Waals surface area contributed by atoms with Crippen molar-refractivity contribution in [2.75, 3.05) is 0 Å². The standard InChI is InChI=1S/C40H48N4O/c1-4-5-6-7-8-9-10-11-12-13-14-31-27-36(44-26-25-42-29-44)40(3)22-18-35-34(37(31)40)16-15-32-28-33(17-21-39(32,35)2)43-38(45)30-19-23-41-24-20-30/h15-20,22-29H,4-14,21H2,1-3H3,(H,43,45)/t39-,40-/m1/s1. The van der Waals surface area contributed by atoms with Crippen LogP contribution in [0.15, 0.2) is 119 Å². The molecule has 5 heteroatoms. The number of pyridine rings is 1. The average Bonchev–Trinajstić information content (AvgIpc) is 3.68. The highest BCUT2D eigenvalue weighted by Gasteiger charge is 2.46. The van der Waals surface area contributed by atoms with Crippen molar-refractivity contribution >= 4 is 11.6 Å². The van der Waals surface area contributed by atoms with E-state index >= 15 is 0 Å². The van der Waals surface area contributed by atoms with Gasteiger partial charge in [0.2, 0.25) is 0 Å². The van der Waals surface area contributed by atoms with Crippen molar-refractivity contribution in [1.29, 1.82) is 0 Å². The second kappa shape index (κ2) is 13.6. The van der Waals surface area contributed by atoms with Crippen LogP contribution >= 0.6 is 0 Å². The van der Waals surface area contributed by atoms with Gasteiger partial charge in [-0.25, -0.2) is 4.98 Å². The van der Waals surface area contributed by atoms with E-state index in [1.807, 2.05) is 12.5 Å². The Morgan fingerprint density at radius 2 is 1.62 bits per heavy atom. The number of hydrogen-bond donors (Lipinski definition) is 1. The Balaban J connectivity index is 1.19. The van der Waals surface area contributed by atoms with E-state index in [4.69, 9.17) is 0 Å². The van der Waals surface area contributed by atoms with Crippen LogP contribution in [0.1, 0.15) is 108 Å². The molecule has 0 saturated heterocycles. The Kier molecular flexibility index (Phi) is 9.34. The highest BCUT2D eigenvalue weighted by atomic mass is 16.1. The molecule has 0 radical (unpaired) electrons. The summed E-state index contributed by atoms with van der Waals surface area (Å²) in [6.45, 7) is 7.01. The molecule has 0 aromatic carbocycles. The fourth-order valence-electron chi connectivity index (χ4n) is 7.63. The van der Waals surface area contributed by atoms with E-state index in [0.29, 0.717) is 5.56 Å². The van der Waals surface area contributed by atoms with Gasteiger partial charge in [0.15, 0.2) is 0 Å². The third-order valence-electron chi connectivity index (χ3n) is 10.3. The largest absolute Gasteiger partial charge is 0.322 e. The van der Waals surface area contributed by atoms with Crippen LogP contribution in [0, 0.1) is 10.8 Å². The van der Waals surface area contributed by atoms with Crippen LogP contribution in [-0.4, -0.2) is 20.4 Å². The van der Waals surface area contributed by atoms with E-state index < -0.39 is 0 Å². The quantitative estimate of drug-likeness (QED) is 0.220. The first-order chi connectivity index (χ1) is 21.9. The van der Waals surface area contributed by atoms with Crippen LogP contribution < -0.4 is 5.32 Å². The Morgan fingerprint density at radius 3 is 2.33 bits per heavy atom. The summed E-state index contributed by atoms with van der Waals surface area (Å²) in [5.74, 6) is -0.108. The first-order valence-corrected chi connectivity index (χ1v) is 17.1. The van der Waals surface area contributed by atoms with Gasteiger partial charge in [0.1, 0.15) is 0 Å². The van der Waals surface area contributed by atoms with Crippen molar-refractivity contribution in [3.05, 3.63) is 125 Å². The van der Waals surface area contributed by atoms with Gasteiger partial charge in [0.05, 0.1) is 11.7 Å². The van der Waals surface area contributed by atoms with Crippen molar-refractivity contribution in [2.24, 2.45) is 10.8 Å². The number of aromatic nitrogens is 3. The van der Waals surface area contributed by atoms with E-state index in [2.05, 4.69) is 89.4 Å². The lowest BCUT2D eigenvalue weighted by Crippen LogP contribution is -2.33. The lowest BCUT2D eigenvalue weighted by molar-refractivity contribution is 0.0966. The zero-order chi connectivity index (χ0) is 31.3. The molecule has 4 aliphatic rings. The summed E-state index contributed by atoms with van der Waals surface area (Å²) < 4.78 is 2.20. The SMILES string of the molecule is CCCCCCCCCCCCC1=C2C3=C(C=C[C@]2(C)C(n2ccnc2)=C1)[C@]1(C)CC=C(NC(=O)c2ccncc2)C=C1C=C3. The molecule has 0 bridgehead atoms. The van der Waals surface area contributed by atoms with Gasteiger partial charge in [-0.1, -0.05) is 102 Å². The lowest BCUT2D eigenvalue weighted by Gasteiger charge is -2.43. The minimum absolute atomic E-state index is 0.108. The number of nitrogens with zero attached hydrogens (tertiary/aromatic N) is 3. The molecule has 234 valence electrons.